The van der Waals surface area contributed by atoms with Crippen LogP contribution in [0.5, 0.6) is 0 Å². The van der Waals surface area contributed by atoms with Crippen molar-refractivity contribution < 1.29 is 14.7 Å². The first-order chi connectivity index (χ1) is 11.6. The normalized spacial score (nSPS) is 12.3. The van der Waals surface area contributed by atoms with Crippen molar-refractivity contribution in [2.75, 3.05) is 25.0 Å². The minimum Gasteiger partial charge on any atom is -0.480 e. The van der Waals surface area contributed by atoms with Crippen molar-refractivity contribution in [3.8, 4) is 0 Å². The van der Waals surface area contributed by atoms with Crippen molar-refractivity contribution in [2.45, 2.75) is 12.8 Å². The third-order valence-corrected chi connectivity index (χ3v) is 4.19. The molecule has 1 aliphatic heterocycles. The van der Waals surface area contributed by atoms with Crippen LogP contribution in [0.25, 0.3) is 0 Å². The molecule has 0 aliphatic carbocycles. The van der Waals surface area contributed by atoms with Gasteiger partial charge in [-0.25, -0.2) is 0 Å². The second-order valence-corrected chi connectivity index (χ2v) is 5.90. The summed E-state index contributed by atoms with van der Waals surface area (Å²) in [5.74, 6) is -1.23. The second-order valence-electron chi connectivity index (χ2n) is 5.90. The van der Waals surface area contributed by atoms with Crippen LogP contribution in [-0.4, -0.2) is 41.5 Å². The summed E-state index contributed by atoms with van der Waals surface area (Å²) in [6.07, 6.45) is 1.52. The number of nitrogens with one attached hydrogen (secondary N) is 1. The van der Waals surface area contributed by atoms with E-state index in [1.165, 1.54) is 4.90 Å². The molecule has 0 atom stereocenters. The van der Waals surface area contributed by atoms with Crippen molar-refractivity contribution >= 4 is 17.6 Å². The third kappa shape index (κ3) is 3.74. The smallest absolute Gasteiger partial charge is 0.323 e. The molecule has 1 aliphatic rings. The molecule has 2 aromatic carbocycles. The van der Waals surface area contributed by atoms with Crippen molar-refractivity contribution in [1.29, 1.82) is 0 Å². The highest BCUT2D eigenvalue weighted by Crippen LogP contribution is 2.23. The molecule has 0 radical (unpaired) electrons. The van der Waals surface area contributed by atoms with Crippen LogP contribution < -0.4 is 5.32 Å². The van der Waals surface area contributed by atoms with Gasteiger partial charge < -0.3 is 15.3 Å². The van der Waals surface area contributed by atoms with E-state index in [-0.39, 0.29) is 12.5 Å². The zero-order valence-electron chi connectivity index (χ0n) is 13.4. The Balaban J connectivity index is 1.74. The van der Waals surface area contributed by atoms with Crippen molar-refractivity contribution in [2.24, 2.45) is 0 Å². The number of nitrogens with zero attached hydrogens (tertiary/aromatic N) is 1. The topological polar surface area (TPSA) is 69.6 Å². The van der Waals surface area contributed by atoms with Crippen LogP contribution in [-0.2, 0) is 17.6 Å². The summed E-state index contributed by atoms with van der Waals surface area (Å²) in [5, 5.41) is 12.4. The van der Waals surface area contributed by atoms with E-state index < -0.39 is 5.97 Å². The Bertz CT molecular complexity index is 744. The predicted molar refractivity (Wildman–Crippen MR) is 92.3 cm³/mol. The zero-order chi connectivity index (χ0) is 16.9. The molecule has 5 nitrogen and oxygen atoms in total. The summed E-state index contributed by atoms with van der Waals surface area (Å²) in [4.78, 5) is 25.3. The molecule has 0 saturated carbocycles. The highest BCUT2D eigenvalue weighted by atomic mass is 16.4. The Morgan fingerprint density at radius 1 is 1.12 bits per heavy atom. The minimum atomic E-state index is -1.00. The first-order valence-corrected chi connectivity index (χ1v) is 8.05. The Labute approximate surface area is 140 Å². The first kappa shape index (κ1) is 16.1. The number of aliphatic carboxylic acids is 1. The number of amides is 1. The lowest BCUT2D eigenvalue weighted by Gasteiger charge is -2.21. The molecular weight excluding hydrogens is 304 g/mol. The molecular formula is C19H20N2O3. The SMILES string of the molecule is O=C(O)CN(CCc1ccccc1)C(=O)c1ccc2c(c1)CCN2. The summed E-state index contributed by atoms with van der Waals surface area (Å²) in [7, 11) is 0. The van der Waals surface area contributed by atoms with Gasteiger partial charge in [0.2, 0.25) is 0 Å². The molecule has 0 spiro atoms. The van der Waals surface area contributed by atoms with Crippen LogP contribution in [0.4, 0.5) is 5.69 Å². The van der Waals surface area contributed by atoms with E-state index in [9.17, 15) is 9.59 Å². The number of carbonyl (C=O) groups is 2. The monoisotopic (exact) mass is 324 g/mol. The summed E-state index contributed by atoms with van der Waals surface area (Å²) < 4.78 is 0. The van der Waals surface area contributed by atoms with E-state index >= 15 is 0 Å². The van der Waals surface area contributed by atoms with Crippen molar-refractivity contribution in [3.05, 3.63) is 65.2 Å². The molecule has 3 rings (SSSR count). The van der Waals surface area contributed by atoms with Gasteiger partial charge in [0.15, 0.2) is 0 Å². The highest BCUT2D eigenvalue weighted by Gasteiger charge is 2.20. The molecule has 24 heavy (non-hydrogen) atoms. The van der Waals surface area contributed by atoms with Crippen LogP contribution in [0.3, 0.4) is 0 Å². The van der Waals surface area contributed by atoms with Gasteiger partial charge in [-0.1, -0.05) is 30.3 Å². The van der Waals surface area contributed by atoms with Crippen LogP contribution in [0.1, 0.15) is 21.5 Å². The van der Waals surface area contributed by atoms with Gasteiger partial charge in [0.1, 0.15) is 6.54 Å². The Kier molecular flexibility index (Phi) is 4.79. The fourth-order valence-corrected chi connectivity index (χ4v) is 2.94. The van der Waals surface area contributed by atoms with E-state index in [2.05, 4.69) is 5.32 Å². The van der Waals surface area contributed by atoms with Gasteiger partial charge in [-0.05, 0) is 42.2 Å². The zero-order valence-corrected chi connectivity index (χ0v) is 13.4. The summed E-state index contributed by atoms with van der Waals surface area (Å²) in [6.45, 7) is 0.964. The average Bonchev–Trinajstić information content (AvgIpc) is 3.06. The molecule has 5 heteroatoms. The number of fused-ring (bicyclic) bond motifs is 1. The van der Waals surface area contributed by atoms with Crippen LogP contribution in [0.15, 0.2) is 48.5 Å². The Morgan fingerprint density at radius 3 is 2.67 bits per heavy atom. The van der Waals surface area contributed by atoms with E-state index in [1.54, 1.807) is 6.07 Å². The van der Waals surface area contributed by atoms with Gasteiger partial charge in [0.25, 0.3) is 5.91 Å². The Hall–Kier alpha value is -2.82. The molecule has 1 amide bonds. The summed E-state index contributed by atoms with van der Waals surface area (Å²) in [6, 6.07) is 15.3. The second kappa shape index (κ2) is 7.17. The number of carbonyl (C=O) groups excluding carboxylic acids is 1. The maximum absolute atomic E-state index is 12.7. The summed E-state index contributed by atoms with van der Waals surface area (Å²) >= 11 is 0. The van der Waals surface area contributed by atoms with E-state index in [0.717, 1.165) is 29.8 Å². The quantitative estimate of drug-likeness (QED) is 0.856. The molecule has 2 N–H and O–H groups in total. The highest BCUT2D eigenvalue weighted by molar-refractivity contribution is 5.96. The third-order valence-electron chi connectivity index (χ3n) is 4.19. The van der Waals surface area contributed by atoms with Crippen LogP contribution in [0, 0.1) is 0 Å². The number of carboxylic acids is 1. The van der Waals surface area contributed by atoms with Gasteiger partial charge >= 0.3 is 5.97 Å². The maximum atomic E-state index is 12.7. The number of carboxylic acid groups (broad SMARTS) is 1. The molecule has 1 heterocycles. The summed E-state index contributed by atoms with van der Waals surface area (Å²) in [5.41, 5.74) is 3.80. The van der Waals surface area contributed by atoms with Crippen molar-refractivity contribution in [3.63, 3.8) is 0 Å². The fraction of sp³-hybridized carbons (Fsp3) is 0.263. The largest absolute Gasteiger partial charge is 0.480 e. The van der Waals surface area contributed by atoms with E-state index in [0.29, 0.717) is 18.5 Å². The number of rotatable bonds is 6. The molecule has 0 saturated heterocycles. The Morgan fingerprint density at radius 2 is 1.92 bits per heavy atom. The minimum absolute atomic E-state index is 0.233. The van der Waals surface area contributed by atoms with Crippen LogP contribution >= 0.6 is 0 Å². The number of hydrogen-bond acceptors (Lipinski definition) is 3. The molecule has 0 aromatic heterocycles. The average molecular weight is 324 g/mol. The van der Waals surface area contributed by atoms with Gasteiger partial charge in [0, 0.05) is 24.3 Å². The molecule has 2 aromatic rings. The van der Waals surface area contributed by atoms with Gasteiger partial charge in [-0.15, -0.1) is 0 Å². The lowest BCUT2D eigenvalue weighted by Crippen LogP contribution is -2.37. The van der Waals surface area contributed by atoms with Crippen LogP contribution in [0.2, 0.25) is 0 Å². The first-order valence-electron chi connectivity index (χ1n) is 8.05. The lowest BCUT2D eigenvalue weighted by atomic mass is 10.1. The molecule has 0 bridgehead atoms. The van der Waals surface area contributed by atoms with Crippen molar-refractivity contribution in [1.82, 2.24) is 4.90 Å². The van der Waals surface area contributed by atoms with E-state index in [4.69, 9.17) is 5.11 Å². The van der Waals surface area contributed by atoms with Gasteiger partial charge in [-0.3, -0.25) is 9.59 Å². The number of benzene rings is 2. The fourth-order valence-electron chi connectivity index (χ4n) is 2.94. The van der Waals surface area contributed by atoms with Gasteiger partial charge in [-0.2, -0.15) is 0 Å². The molecule has 0 fully saturated rings. The van der Waals surface area contributed by atoms with Gasteiger partial charge in [0.05, 0.1) is 0 Å². The molecule has 124 valence electrons. The number of anilines is 1. The predicted octanol–water partition coefficient (Wildman–Crippen LogP) is 2.42. The maximum Gasteiger partial charge on any atom is 0.323 e. The molecule has 0 unspecified atom stereocenters. The van der Waals surface area contributed by atoms with E-state index in [1.807, 2.05) is 42.5 Å². The standard InChI is InChI=1S/C19H20N2O3/c22-18(23)13-21(11-9-14-4-2-1-3-5-14)19(24)16-6-7-17-15(12-16)8-10-20-17/h1-7,12,20H,8-11,13H2,(H,22,23). The number of hydrogen-bond donors (Lipinski definition) is 2. The lowest BCUT2D eigenvalue weighted by molar-refractivity contribution is -0.137.